The zero-order valence-corrected chi connectivity index (χ0v) is 26.2. The van der Waals surface area contributed by atoms with Gasteiger partial charge in [-0.15, -0.1) is 0 Å². The van der Waals surface area contributed by atoms with E-state index in [1.165, 1.54) is 82.1 Å². The van der Waals surface area contributed by atoms with E-state index >= 15 is 0 Å². The van der Waals surface area contributed by atoms with Gasteiger partial charge in [-0.1, -0.05) is 135 Å². The van der Waals surface area contributed by atoms with E-state index in [1.54, 1.807) is 0 Å². The Hall–Kier alpha value is -5.14. The Bertz CT molecular complexity index is 2520. The van der Waals surface area contributed by atoms with E-state index in [-0.39, 0.29) is 5.41 Å². The molecule has 0 saturated carbocycles. The summed E-state index contributed by atoms with van der Waals surface area (Å²) < 4.78 is 6.64. The minimum Gasteiger partial charge on any atom is -0.455 e. The fourth-order valence-corrected chi connectivity index (χ4v) is 9.16. The van der Waals surface area contributed by atoms with Crippen molar-refractivity contribution in [2.24, 2.45) is 0 Å². The van der Waals surface area contributed by atoms with Crippen LogP contribution in [0.5, 0.6) is 0 Å². The summed E-state index contributed by atoms with van der Waals surface area (Å²) in [5.41, 5.74) is 11.9. The van der Waals surface area contributed by atoms with Crippen molar-refractivity contribution in [3.8, 4) is 0 Å². The van der Waals surface area contributed by atoms with Crippen LogP contribution in [0, 0.1) is 0 Å². The number of para-hydroxylation sites is 1. The third-order valence-electron chi connectivity index (χ3n) is 11.1. The monoisotopic (exact) mass is 590 g/mol. The van der Waals surface area contributed by atoms with Crippen molar-refractivity contribution in [3.05, 3.63) is 155 Å². The van der Waals surface area contributed by atoms with Gasteiger partial charge in [0.25, 0.3) is 0 Å². The Morgan fingerprint density at radius 3 is 1.98 bits per heavy atom. The van der Waals surface area contributed by atoms with Gasteiger partial charge in [-0.25, -0.2) is 0 Å². The van der Waals surface area contributed by atoms with E-state index in [0.717, 1.165) is 30.4 Å². The minimum atomic E-state index is -0.107. The molecule has 7 aromatic rings. The SMILES string of the molecule is CC1(C)C2=CC=C(c3c4ccccc4c(C4=CC=CCC4)c4ccccc34)CC2c2ccc3ccc4c5ccccc5oc4c3c21. The van der Waals surface area contributed by atoms with Crippen LogP contribution in [0.2, 0.25) is 0 Å². The quantitative estimate of drug-likeness (QED) is 0.183. The van der Waals surface area contributed by atoms with Crippen LogP contribution < -0.4 is 0 Å². The maximum Gasteiger partial charge on any atom is 0.143 e. The molecule has 3 aliphatic rings. The first-order valence-electron chi connectivity index (χ1n) is 16.7. The average Bonchev–Trinajstić information content (AvgIpc) is 3.59. The fraction of sp³-hybridized carbons (Fsp3) is 0.156. The average molecular weight is 591 g/mol. The molecule has 46 heavy (non-hydrogen) atoms. The maximum atomic E-state index is 6.64. The van der Waals surface area contributed by atoms with E-state index in [2.05, 4.69) is 141 Å². The largest absolute Gasteiger partial charge is 0.455 e. The Kier molecular flexibility index (Phi) is 5.36. The molecule has 0 radical (unpaired) electrons. The number of hydrogen-bond donors (Lipinski definition) is 0. The first-order valence-corrected chi connectivity index (χ1v) is 16.7. The molecule has 0 N–H and O–H groups in total. The summed E-state index contributed by atoms with van der Waals surface area (Å²) >= 11 is 0. The number of rotatable bonds is 2. The molecular formula is C45H34O. The second kappa shape index (κ2) is 9.44. The molecule has 0 bridgehead atoms. The van der Waals surface area contributed by atoms with Gasteiger partial charge < -0.3 is 4.42 Å². The molecule has 1 aromatic heterocycles. The maximum absolute atomic E-state index is 6.64. The minimum absolute atomic E-state index is 0.107. The van der Waals surface area contributed by atoms with E-state index in [1.807, 2.05) is 0 Å². The van der Waals surface area contributed by atoms with Gasteiger partial charge in [0.2, 0.25) is 0 Å². The van der Waals surface area contributed by atoms with Gasteiger partial charge in [0.05, 0.1) is 0 Å². The molecule has 220 valence electrons. The number of allylic oxidation sites excluding steroid dienone is 8. The van der Waals surface area contributed by atoms with Crippen LogP contribution >= 0.6 is 0 Å². The van der Waals surface area contributed by atoms with Crippen molar-refractivity contribution in [3.63, 3.8) is 0 Å². The van der Waals surface area contributed by atoms with E-state index in [0.29, 0.717) is 5.92 Å². The zero-order valence-electron chi connectivity index (χ0n) is 26.2. The number of benzene rings is 6. The van der Waals surface area contributed by atoms with Gasteiger partial charge in [0, 0.05) is 27.5 Å². The molecular weight excluding hydrogens is 556 g/mol. The van der Waals surface area contributed by atoms with Crippen LogP contribution in [0.15, 0.2) is 137 Å². The Morgan fingerprint density at radius 2 is 1.28 bits per heavy atom. The molecule has 0 amide bonds. The zero-order chi connectivity index (χ0) is 30.6. The molecule has 1 heterocycles. The summed E-state index contributed by atoms with van der Waals surface area (Å²) in [6.45, 7) is 4.84. The van der Waals surface area contributed by atoms with E-state index in [9.17, 15) is 0 Å². The van der Waals surface area contributed by atoms with Crippen LogP contribution in [-0.4, -0.2) is 0 Å². The van der Waals surface area contributed by atoms with Crippen LogP contribution in [0.4, 0.5) is 0 Å². The highest BCUT2D eigenvalue weighted by Crippen LogP contribution is 2.58. The van der Waals surface area contributed by atoms with Gasteiger partial charge in [0.1, 0.15) is 11.2 Å². The molecule has 0 saturated heterocycles. The van der Waals surface area contributed by atoms with Crippen LogP contribution in [0.1, 0.15) is 61.3 Å². The van der Waals surface area contributed by atoms with Gasteiger partial charge in [-0.3, -0.25) is 0 Å². The summed E-state index contributed by atoms with van der Waals surface area (Å²) in [7, 11) is 0. The van der Waals surface area contributed by atoms with Crippen LogP contribution in [0.25, 0.3) is 65.4 Å². The van der Waals surface area contributed by atoms with Crippen molar-refractivity contribution in [2.45, 2.75) is 44.4 Å². The second-order valence-corrected chi connectivity index (χ2v) is 13.9. The van der Waals surface area contributed by atoms with Gasteiger partial charge in [-0.2, -0.15) is 0 Å². The second-order valence-electron chi connectivity index (χ2n) is 13.9. The van der Waals surface area contributed by atoms with Crippen molar-refractivity contribution in [2.75, 3.05) is 0 Å². The van der Waals surface area contributed by atoms with Gasteiger partial charge in [-0.05, 0) is 91.7 Å². The molecule has 10 rings (SSSR count). The summed E-state index contributed by atoms with van der Waals surface area (Å²) in [6.07, 6.45) is 14.9. The third-order valence-corrected chi connectivity index (χ3v) is 11.1. The first kappa shape index (κ1) is 26.1. The summed E-state index contributed by atoms with van der Waals surface area (Å²) in [5.74, 6) is 0.331. The smallest absolute Gasteiger partial charge is 0.143 e. The lowest BCUT2D eigenvalue weighted by Gasteiger charge is -2.29. The Morgan fingerprint density at radius 1 is 0.630 bits per heavy atom. The number of fused-ring (bicyclic) bond motifs is 11. The number of hydrogen-bond acceptors (Lipinski definition) is 1. The summed E-state index contributed by atoms with van der Waals surface area (Å²) in [4.78, 5) is 0. The molecule has 1 nitrogen and oxygen atoms in total. The molecule has 1 unspecified atom stereocenters. The van der Waals surface area contributed by atoms with Gasteiger partial charge in [0.15, 0.2) is 0 Å². The van der Waals surface area contributed by atoms with Crippen LogP contribution in [0.3, 0.4) is 0 Å². The van der Waals surface area contributed by atoms with Gasteiger partial charge >= 0.3 is 0 Å². The molecule has 0 spiro atoms. The predicted molar refractivity (Wildman–Crippen MR) is 195 cm³/mol. The topological polar surface area (TPSA) is 13.1 Å². The molecule has 3 aliphatic carbocycles. The normalized spacial score (nSPS) is 18.7. The highest BCUT2D eigenvalue weighted by Gasteiger charge is 2.44. The molecule has 1 heteroatoms. The molecule has 6 aromatic carbocycles. The summed E-state index contributed by atoms with van der Waals surface area (Å²) in [6, 6.07) is 35.9. The fourth-order valence-electron chi connectivity index (χ4n) is 9.16. The van der Waals surface area contributed by atoms with Crippen molar-refractivity contribution >= 4 is 65.4 Å². The van der Waals surface area contributed by atoms with Crippen molar-refractivity contribution in [1.82, 2.24) is 0 Å². The third kappa shape index (κ3) is 3.46. The summed E-state index contributed by atoms with van der Waals surface area (Å²) in [5, 5.41) is 10.4. The van der Waals surface area contributed by atoms with Crippen LogP contribution in [-0.2, 0) is 5.41 Å². The molecule has 0 fully saturated rings. The highest BCUT2D eigenvalue weighted by molar-refractivity contribution is 6.18. The molecule has 0 aliphatic heterocycles. The van der Waals surface area contributed by atoms with E-state index < -0.39 is 0 Å². The first-order chi connectivity index (χ1) is 22.6. The highest BCUT2D eigenvalue weighted by atomic mass is 16.3. The van der Waals surface area contributed by atoms with Crippen molar-refractivity contribution < 1.29 is 4.42 Å². The lowest BCUT2D eigenvalue weighted by Crippen LogP contribution is -2.18. The lowest BCUT2D eigenvalue weighted by atomic mass is 9.75. The number of furan rings is 1. The lowest BCUT2D eigenvalue weighted by molar-refractivity contribution is 0.617. The predicted octanol–water partition coefficient (Wildman–Crippen LogP) is 12.6. The Labute approximate surface area is 268 Å². The standard InChI is InChI=1S/C45H34O/c1-45(2)38-25-22-29(41-33-17-8-6-15-31(33)40(27-12-4-3-5-13-27)32-16-7-9-18-34(32)41)26-37(38)35-23-20-28-21-24-36-30-14-10-11-19-39(30)46-44(36)42(28)43(35)45/h3-4,6-12,14-25,37H,5,13,26H2,1-2H3. The van der Waals surface area contributed by atoms with E-state index in [4.69, 9.17) is 4.42 Å². The Balaban J connectivity index is 1.20. The van der Waals surface area contributed by atoms with Crippen molar-refractivity contribution in [1.29, 1.82) is 0 Å². The molecule has 1 atom stereocenters.